The molecule has 0 radical (unpaired) electrons. The van der Waals surface area contributed by atoms with Gasteiger partial charge < -0.3 is 24.4 Å². The third-order valence-corrected chi connectivity index (χ3v) is 6.67. The molecule has 0 fully saturated rings. The molecule has 0 aromatic heterocycles. The van der Waals surface area contributed by atoms with Gasteiger partial charge in [-0.3, -0.25) is 4.79 Å². The fourth-order valence-electron chi connectivity index (χ4n) is 3.54. The lowest BCUT2D eigenvalue weighted by Gasteiger charge is -2.37. The maximum atomic E-state index is 13.1. The molecule has 0 bridgehead atoms. The van der Waals surface area contributed by atoms with Crippen molar-refractivity contribution in [1.82, 2.24) is 0 Å². The summed E-state index contributed by atoms with van der Waals surface area (Å²) in [5, 5.41) is 18.5. The summed E-state index contributed by atoms with van der Waals surface area (Å²) >= 11 is 0. The van der Waals surface area contributed by atoms with Crippen LogP contribution in [0.4, 0.5) is 52.7 Å². The van der Waals surface area contributed by atoms with Gasteiger partial charge >= 0.3 is 53.8 Å². The first-order valence-corrected chi connectivity index (χ1v) is 12.8. The van der Waals surface area contributed by atoms with Gasteiger partial charge in [-0.2, -0.15) is 52.7 Å². The molecule has 1 atom stereocenters. The first-order valence-electron chi connectivity index (χ1n) is 12.8. The highest BCUT2D eigenvalue weighted by Gasteiger charge is 2.78. The third kappa shape index (κ3) is 9.74. The van der Waals surface area contributed by atoms with Gasteiger partial charge in [0.2, 0.25) is 0 Å². The van der Waals surface area contributed by atoms with Crippen molar-refractivity contribution in [3.63, 3.8) is 0 Å². The van der Waals surface area contributed by atoms with E-state index < -0.39 is 102 Å². The number of aliphatic hydroxyl groups is 2. The van der Waals surface area contributed by atoms with E-state index in [0.29, 0.717) is 0 Å². The number of carbonyl (C=O) groups excluding carboxylic acids is 3. The summed E-state index contributed by atoms with van der Waals surface area (Å²) in [7, 11) is 0. The number of esters is 3. The van der Waals surface area contributed by atoms with E-state index in [2.05, 4.69) is 9.47 Å². The minimum atomic E-state index is -6.74. The lowest BCUT2D eigenvalue weighted by molar-refractivity contribution is -0.357. The van der Waals surface area contributed by atoms with Gasteiger partial charge in [-0.05, 0) is 23.7 Å². The average molecular weight is 691 g/mol. The molecule has 2 N–H and O–H groups in total. The number of rotatable bonds is 11. The molecule has 1 unspecified atom stereocenters. The molecule has 0 amide bonds. The Morgan fingerprint density at radius 2 is 0.867 bits per heavy atom. The van der Waals surface area contributed by atoms with E-state index in [1.54, 1.807) is 41.5 Å². The monoisotopic (exact) mass is 690 g/mol. The molecule has 0 aliphatic rings. The van der Waals surface area contributed by atoms with Crippen LogP contribution in [0.5, 0.6) is 0 Å². The van der Waals surface area contributed by atoms with Crippen molar-refractivity contribution in [2.75, 3.05) is 19.8 Å². The molecule has 0 heterocycles. The number of ether oxygens (including phenoxy) is 3. The van der Waals surface area contributed by atoms with Crippen LogP contribution in [0.3, 0.4) is 0 Å². The Hall–Kier alpha value is -2.51. The Labute approximate surface area is 249 Å². The van der Waals surface area contributed by atoms with E-state index in [0.717, 1.165) is 6.92 Å². The van der Waals surface area contributed by atoms with Crippen LogP contribution in [0.15, 0.2) is 0 Å². The minimum absolute atomic E-state index is 0.104. The molecule has 0 rings (SSSR count). The van der Waals surface area contributed by atoms with Gasteiger partial charge in [-0.1, -0.05) is 48.5 Å². The molecular formula is C25H34F12O8. The molecule has 0 spiro atoms. The molecule has 0 aliphatic heterocycles. The highest BCUT2D eigenvalue weighted by atomic mass is 19.4. The Kier molecular flexibility index (Phi) is 12.6. The van der Waals surface area contributed by atoms with Gasteiger partial charge in [0.25, 0.3) is 0 Å². The Bertz CT molecular complexity index is 965. The van der Waals surface area contributed by atoms with Crippen molar-refractivity contribution in [1.29, 1.82) is 0 Å². The fourth-order valence-corrected chi connectivity index (χ4v) is 3.54. The lowest BCUT2D eigenvalue weighted by Crippen LogP contribution is -2.64. The zero-order chi connectivity index (χ0) is 36.5. The zero-order valence-corrected chi connectivity index (χ0v) is 25.0. The molecule has 8 nitrogen and oxygen atoms in total. The minimum Gasteiger partial charge on any atom is -0.465 e. The van der Waals surface area contributed by atoms with Crippen LogP contribution in [-0.4, -0.2) is 83.8 Å². The van der Waals surface area contributed by atoms with Gasteiger partial charge in [0.05, 0.1) is 11.3 Å². The molecule has 0 aliphatic carbocycles. The summed E-state index contributed by atoms with van der Waals surface area (Å²) in [6.07, 6.45) is -27.7. The van der Waals surface area contributed by atoms with E-state index >= 15 is 0 Å². The largest absolute Gasteiger partial charge is 0.465 e. The van der Waals surface area contributed by atoms with Crippen molar-refractivity contribution < 1.29 is 91.5 Å². The number of halogens is 12. The summed E-state index contributed by atoms with van der Waals surface area (Å²) in [4.78, 5) is 36.9. The van der Waals surface area contributed by atoms with E-state index in [4.69, 9.17) is 4.74 Å². The molecule has 0 saturated heterocycles. The molecule has 0 aromatic carbocycles. The number of hydrogen-bond donors (Lipinski definition) is 2. The second kappa shape index (κ2) is 13.3. The Balaban J connectivity index is 6.69. The number of carbonyl (C=O) groups is 3. The van der Waals surface area contributed by atoms with Crippen LogP contribution in [-0.2, 0) is 28.6 Å². The average Bonchev–Trinajstić information content (AvgIpc) is 2.81. The summed E-state index contributed by atoms with van der Waals surface area (Å²) in [6.45, 7) is 5.80. The standard InChI is InChI=1S/C25H34F12O8/c1-8-19(10-43-14(38)13(18(5,6)7)9-17(2,3)4,11-44-15(39)20(41,22(26,27)28)23(29,30)31)12-45-16(40)21(42,24(32,33)34)25(35,36)37/h13,41-42H,8-12H2,1-7H3. The van der Waals surface area contributed by atoms with Crippen LogP contribution in [0.2, 0.25) is 0 Å². The maximum absolute atomic E-state index is 13.1. The summed E-state index contributed by atoms with van der Waals surface area (Å²) in [5.74, 6) is -8.93. The summed E-state index contributed by atoms with van der Waals surface area (Å²) in [6, 6.07) is 0. The van der Waals surface area contributed by atoms with Crippen molar-refractivity contribution >= 4 is 17.9 Å². The van der Waals surface area contributed by atoms with E-state index in [1.165, 1.54) is 0 Å². The van der Waals surface area contributed by atoms with Gasteiger partial charge in [0.1, 0.15) is 19.8 Å². The van der Waals surface area contributed by atoms with Crippen LogP contribution in [0.1, 0.15) is 61.3 Å². The molecule has 0 aromatic rings. The highest BCUT2D eigenvalue weighted by molar-refractivity contribution is 5.82. The Morgan fingerprint density at radius 1 is 0.578 bits per heavy atom. The van der Waals surface area contributed by atoms with Crippen LogP contribution >= 0.6 is 0 Å². The quantitative estimate of drug-likeness (QED) is 0.158. The van der Waals surface area contributed by atoms with E-state index in [-0.39, 0.29) is 6.42 Å². The maximum Gasteiger partial charge on any atom is 0.437 e. The van der Waals surface area contributed by atoms with E-state index in [1.807, 2.05) is 0 Å². The molecule has 20 heteroatoms. The SMILES string of the molecule is CCC(COC(=O)C(CC(C)(C)C)C(C)(C)C)(COC(=O)C(O)(C(F)(F)F)C(F)(F)F)COC(=O)C(O)(C(F)(F)F)C(F)(F)F. The van der Waals surface area contributed by atoms with Crippen molar-refractivity contribution in [3.05, 3.63) is 0 Å². The predicted molar refractivity (Wildman–Crippen MR) is 127 cm³/mol. The van der Waals surface area contributed by atoms with Crippen LogP contribution in [0, 0.1) is 22.2 Å². The summed E-state index contributed by atoms with van der Waals surface area (Å²) in [5.41, 5.74) is -16.3. The normalized spacial score (nSPS) is 15.4. The predicted octanol–water partition coefficient (Wildman–Crippen LogP) is 5.82. The molecule has 45 heavy (non-hydrogen) atoms. The van der Waals surface area contributed by atoms with Gasteiger partial charge in [0.15, 0.2) is 0 Å². The topological polar surface area (TPSA) is 119 Å². The molecule has 266 valence electrons. The van der Waals surface area contributed by atoms with Crippen molar-refractivity contribution in [2.45, 2.75) is 97.2 Å². The number of alkyl halides is 12. The van der Waals surface area contributed by atoms with Gasteiger partial charge in [0, 0.05) is 0 Å². The smallest absolute Gasteiger partial charge is 0.437 e. The third-order valence-electron chi connectivity index (χ3n) is 6.67. The van der Waals surface area contributed by atoms with Gasteiger partial charge in [-0.15, -0.1) is 0 Å². The van der Waals surface area contributed by atoms with Gasteiger partial charge in [-0.25, -0.2) is 9.59 Å². The zero-order valence-electron chi connectivity index (χ0n) is 25.0. The van der Waals surface area contributed by atoms with Crippen LogP contribution < -0.4 is 0 Å². The van der Waals surface area contributed by atoms with Crippen molar-refractivity contribution in [3.8, 4) is 0 Å². The number of hydrogen-bond acceptors (Lipinski definition) is 8. The molecular weight excluding hydrogens is 656 g/mol. The fraction of sp³-hybridized carbons (Fsp3) is 0.880. The summed E-state index contributed by atoms with van der Waals surface area (Å²) < 4.78 is 170. The second-order valence-electron chi connectivity index (χ2n) is 12.7. The van der Waals surface area contributed by atoms with E-state index in [9.17, 15) is 77.3 Å². The Morgan fingerprint density at radius 3 is 1.09 bits per heavy atom. The lowest BCUT2D eigenvalue weighted by atomic mass is 9.72. The highest BCUT2D eigenvalue weighted by Crippen LogP contribution is 2.46. The second-order valence-corrected chi connectivity index (χ2v) is 12.7. The first-order chi connectivity index (χ1) is 19.5. The van der Waals surface area contributed by atoms with Crippen LogP contribution in [0.25, 0.3) is 0 Å². The van der Waals surface area contributed by atoms with Crippen molar-refractivity contribution in [2.24, 2.45) is 22.2 Å². The molecule has 0 saturated carbocycles. The first kappa shape index (κ1) is 42.5.